The minimum absolute atomic E-state index is 0.0353. The fourth-order valence-electron chi connectivity index (χ4n) is 1.48. The molecule has 0 bridgehead atoms. The van der Waals surface area contributed by atoms with E-state index in [0.717, 1.165) is 0 Å². The minimum Gasteiger partial charge on any atom is -0.464 e. The van der Waals surface area contributed by atoms with E-state index in [0.29, 0.717) is 5.89 Å². The molecule has 0 amide bonds. The Morgan fingerprint density at radius 3 is 2.71 bits per heavy atom. The van der Waals surface area contributed by atoms with Gasteiger partial charge in [0.2, 0.25) is 5.78 Å². The van der Waals surface area contributed by atoms with Crippen molar-refractivity contribution in [3.05, 3.63) is 41.4 Å². The van der Waals surface area contributed by atoms with Gasteiger partial charge in [0.15, 0.2) is 17.3 Å². The van der Waals surface area contributed by atoms with Crippen LogP contribution in [-0.4, -0.2) is 29.0 Å². The van der Waals surface area contributed by atoms with Gasteiger partial charge in [-0.25, -0.2) is 9.78 Å². The van der Waals surface area contributed by atoms with Gasteiger partial charge in [0.1, 0.15) is 12.0 Å². The zero-order valence-corrected chi connectivity index (χ0v) is 11.8. The number of rotatable bonds is 5. The highest BCUT2D eigenvalue weighted by molar-refractivity contribution is 6.05. The van der Waals surface area contributed by atoms with Crippen molar-refractivity contribution in [1.82, 2.24) is 10.1 Å². The number of hydrogen-bond donors (Lipinski definition) is 0. The standard InChI is InChI=1S/C14H14N2O5/c1-8(2)13-15-11(7-20-13)12(17)5-4-9-6-10(16-21-9)14(18)19-3/h4-8H,1-3H3. The summed E-state index contributed by atoms with van der Waals surface area (Å²) < 4.78 is 14.6. The number of nitrogens with zero attached hydrogens (tertiary/aromatic N) is 2. The average molecular weight is 290 g/mol. The van der Waals surface area contributed by atoms with Crippen LogP contribution in [0, 0.1) is 0 Å². The molecule has 0 radical (unpaired) electrons. The Hall–Kier alpha value is -2.70. The van der Waals surface area contributed by atoms with Crippen LogP contribution in [0.3, 0.4) is 0 Å². The van der Waals surface area contributed by atoms with Crippen molar-refractivity contribution in [1.29, 1.82) is 0 Å². The number of ether oxygens (including phenoxy) is 1. The number of oxazole rings is 1. The lowest BCUT2D eigenvalue weighted by molar-refractivity contribution is 0.0589. The van der Waals surface area contributed by atoms with E-state index in [1.165, 1.54) is 31.6 Å². The summed E-state index contributed by atoms with van der Waals surface area (Å²) in [5.41, 5.74) is 0.246. The van der Waals surface area contributed by atoms with Gasteiger partial charge >= 0.3 is 5.97 Å². The molecule has 0 aromatic carbocycles. The van der Waals surface area contributed by atoms with E-state index in [1.54, 1.807) is 0 Å². The number of allylic oxidation sites excluding steroid dienone is 1. The quantitative estimate of drug-likeness (QED) is 0.474. The Bertz CT molecular complexity index is 681. The Balaban J connectivity index is 2.07. The fraction of sp³-hybridized carbons (Fsp3) is 0.286. The first-order valence-electron chi connectivity index (χ1n) is 6.24. The first kappa shape index (κ1) is 14.7. The van der Waals surface area contributed by atoms with Gasteiger partial charge in [0.25, 0.3) is 0 Å². The predicted molar refractivity (Wildman–Crippen MR) is 71.8 cm³/mol. The van der Waals surface area contributed by atoms with Crippen LogP contribution in [-0.2, 0) is 4.74 Å². The normalized spacial score (nSPS) is 11.2. The van der Waals surface area contributed by atoms with E-state index in [1.807, 2.05) is 13.8 Å². The van der Waals surface area contributed by atoms with Crippen molar-refractivity contribution in [2.75, 3.05) is 7.11 Å². The molecule has 0 N–H and O–H groups in total. The van der Waals surface area contributed by atoms with E-state index in [9.17, 15) is 9.59 Å². The number of carbonyl (C=O) groups excluding carboxylic acids is 2. The summed E-state index contributed by atoms with van der Waals surface area (Å²) in [7, 11) is 1.24. The third-order valence-corrected chi connectivity index (χ3v) is 2.59. The summed E-state index contributed by atoms with van der Waals surface area (Å²) >= 11 is 0. The first-order chi connectivity index (χ1) is 10.0. The van der Waals surface area contributed by atoms with Crippen molar-refractivity contribution in [2.45, 2.75) is 19.8 Å². The third-order valence-electron chi connectivity index (χ3n) is 2.59. The second-order valence-electron chi connectivity index (χ2n) is 4.53. The molecule has 2 rings (SSSR count). The number of methoxy groups -OCH3 is 1. The van der Waals surface area contributed by atoms with Crippen LogP contribution in [0.15, 0.2) is 27.3 Å². The molecule has 0 aliphatic heterocycles. The number of aromatic nitrogens is 2. The number of ketones is 1. The van der Waals surface area contributed by atoms with Crippen molar-refractivity contribution < 1.29 is 23.3 Å². The highest BCUT2D eigenvalue weighted by atomic mass is 16.5. The highest BCUT2D eigenvalue weighted by Gasteiger charge is 2.13. The predicted octanol–water partition coefficient (Wildman–Crippen LogP) is 2.47. The van der Waals surface area contributed by atoms with E-state index in [-0.39, 0.29) is 28.8 Å². The van der Waals surface area contributed by atoms with Gasteiger partial charge in [0.05, 0.1) is 7.11 Å². The summed E-state index contributed by atoms with van der Waals surface area (Å²) in [6.45, 7) is 3.83. The van der Waals surface area contributed by atoms with Crippen LogP contribution in [0.4, 0.5) is 0 Å². The topological polar surface area (TPSA) is 95.4 Å². The lowest BCUT2D eigenvalue weighted by atomic mass is 10.2. The van der Waals surface area contributed by atoms with Gasteiger partial charge in [-0.3, -0.25) is 4.79 Å². The molecule has 2 aromatic heterocycles. The molecule has 2 aromatic rings. The SMILES string of the molecule is COC(=O)c1cc(C=CC(=O)c2coc(C(C)C)n2)on1. The van der Waals surface area contributed by atoms with Gasteiger partial charge in [-0.15, -0.1) is 0 Å². The Labute approximate surface area is 120 Å². The summed E-state index contributed by atoms with van der Waals surface area (Å²) in [6.07, 6.45) is 3.97. The lowest BCUT2D eigenvalue weighted by Gasteiger charge is -1.93. The van der Waals surface area contributed by atoms with Crippen LogP contribution >= 0.6 is 0 Å². The average Bonchev–Trinajstić information content (AvgIpc) is 3.12. The fourth-order valence-corrected chi connectivity index (χ4v) is 1.48. The zero-order valence-electron chi connectivity index (χ0n) is 11.8. The van der Waals surface area contributed by atoms with Crippen LogP contribution in [0.2, 0.25) is 0 Å². The van der Waals surface area contributed by atoms with E-state index >= 15 is 0 Å². The Kier molecular flexibility index (Phi) is 4.32. The second-order valence-corrected chi connectivity index (χ2v) is 4.53. The summed E-state index contributed by atoms with van der Waals surface area (Å²) in [4.78, 5) is 27.2. The van der Waals surface area contributed by atoms with Gasteiger partial charge < -0.3 is 13.7 Å². The Morgan fingerprint density at radius 1 is 1.33 bits per heavy atom. The minimum atomic E-state index is -0.609. The molecule has 0 fully saturated rings. The van der Waals surface area contributed by atoms with Gasteiger partial charge in [-0.1, -0.05) is 19.0 Å². The molecule has 2 heterocycles. The first-order valence-corrected chi connectivity index (χ1v) is 6.24. The maximum atomic E-state index is 11.9. The maximum absolute atomic E-state index is 11.9. The molecule has 0 unspecified atom stereocenters. The van der Waals surface area contributed by atoms with Crippen molar-refractivity contribution in [3.63, 3.8) is 0 Å². The largest absolute Gasteiger partial charge is 0.464 e. The lowest BCUT2D eigenvalue weighted by Crippen LogP contribution is -2.00. The van der Waals surface area contributed by atoms with Crippen molar-refractivity contribution >= 4 is 17.8 Å². The molecular weight excluding hydrogens is 276 g/mol. The molecule has 7 heteroatoms. The zero-order chi connectivity index (χ0) is 15.4. The van der Waals surface area contributed by atoms with Crippen LogP contribution < -0.4 is 0 Å². The summed E-state index contributed by atoms with van der Waals surface area (Å²) in [5, 5.41) is 3.52. The van der Waals surface area contributed by atoms with E-state index in [2.05, 4.69) is 14.9 Å². The highest BCUT2D eigenvalue weighted by Crippen LogP contribution is 2.14. The molecule has 7 nitrogen and oxygen atoms in total. The van der Waals surface area contributed by atoms with Crippen LogP contribution in [0.5, 0.6) is 0 Å². The number of hydrogen-bond acceptors (Lipinski definition) is 7. The number of esters is 1. The smallest absolute Gasteiger partial charge is 0.360 e. The van der Waals surface area contributed by atoms with E-state index in [4.69, 9.17) is 8.94 Å². The van der Waals surface area contributed by atoms with Crippen molar-refractivity contribution in [3.8, 4) is 0 Å². The molecule has 0 spiro atoms. The van der Waals surface area contributed by atoms with Gasteiger partial charge in [-0.05, 0) is 12.2 Å². The maximum Gasteiger partial charge on any atom is 0.360 e. The second kappa shape index (κ2) is 6.17. The molecule has 0 saturated heterocycles. The van der Waals surface area contributed by atoms with Gasteiger partial charge in [0, 0.05) is 12.0 Å². The molecule has 0 aliphatic rings. The molecule has 0 aliphatic carbocycles. The summed E-state index contributed by atoms with van der Waals surface area (Å²) in [5.74, 6) is -0.0763. The molecule has 0 saturated carbocycles. The molecule has 21 heavy (non-hydrogen) atoms. The van der Waals surface area contributed by atoms with E-state index < -0.39 is 5.97 Å². The Morgan fingerprint density at radius 2 is 2.10 bits per heavy atom. The van der Waals surface area contributed by atoms with Crippen molar-refractivity contribution in [2.24, 2.45) is 0 Å². The van der Waals surface area contributed by atoms with Gasteiger partial charge in [-0.2, -0.15) is 0 Å². The summed E-state index contributed by atoms with van der Waals surface area (Å²) in [6, 6.07) is 1.37. The molecule has 0 atom stereocenters. The molecular formula is C14H14N2O5. The monoisotopic (exact) mass is 290 g/mol. The van der Waals surface area contributed by atoms with Crippen LogP contribution in [0.25, 0.3) is 6.08 Å². The molecule has 110 valence electrons. The van der Waals surface area contributed by atoms with Crippen LogP contribution in [0.1, 0.15) is 52.4 Å². The third kappa shape index (κ3) is 3.44. The number of carbonyl (C=O) groups is 2.